The second kappa shape index (κ2) is 9.60. The molecule has 0 fully saturated rings. The van der Waals surface area contributed by atoms with E-state index < -0.39 is 30.6 Å². The second-order valence-corrected chi connectivity index (χ2v) is 8.06. The van der Waals surface area contributed by atoms with Crippen molar-refractivity contribution in [2.75, 3.05) is 0 Å². The number of rotatable bonds is 7. The summed E-state index contributed by atoms with van der Waals surface area (Å²) >= 11 is 5.89. The van der Waals surface area contributed by atoms with Gasteiger partial charge < -0.3 is 10.2 Å². The molecule has 4 rings (SSSR count). The molecule has 2 atom stereocenters. The van der Waals surface area contributed by atoms with E-state index in [0.29, 0.717) is 16.3 Å². The average Bonchev–Trinajstić information content (AvgIpc) is 3.37. The maximum atomic E-state index is 13.0. The highest BCUT2D eigenvalue weighted by atomic mass is 35.5. The van der Waals surface area contributed by atoms with E-state index in [0.717, 1.165) is 9.25 Å². The van der Waals surface area contributed by atoms with Gasteiger partial charge >= 0.3 is 11.9 Å². The number of benzene rings is 1. The fourth-order valence-electron chi connectivity index (χ4n) is 3.31. The highest BCUT2D eigenvalue weighted by Gasteiger charge is 2.39. The third-order valence-electron chi connectivity index (χ3n) is 4.99. The number of aliphatic hydroxyl groups is 2. The molecule has 2 N–H and O–H groups in total. The summed E-state index contributed by atoms with van der Waals surface area (Å²) in [6, 6.07) is 9.33. The van der Waals surface area contributed by atoms with Gasteiger partial charge in [0, 0.05) is 16.8 Å². The zero-order chi connectivity index (χ0) is 25.3. The van der Waals surface area contributed by atoms with Crippen LogP contribution in [0.2, 0.25) is 5.02 Å². The Morgan fingerprint density at radius 2 is 1.83 bits per heavy atom. The van der Waals surface area contributed by atoms with Crippen LogP contribution in [0.15, 0.2) is 53.6 Å². The molecule has 3 heterocycles. The Morgan fingerprint density at radius 3 is 2.43 bits per heavy atom. The minimum absolute atomic E-state index is 0.0792. The fraction of sp³-hybridized carbons (Fsp3) is 0.286. The molecule has 14 heteroatoms. The van der Waals surface area contributed by atoms with Gasteiger partial charge in [0.2, 0.25) is 0 Å². The first kappa shape index (κ1) is 24.6. The molecule has 0 aliphatic carbocycles. The molecule has 0 bridgehead atoms. The first-order valence-electron chi connectivity index (χ1n) is 10.3. The van der Waals surface area contributed by atoms with E-state index in [-0.39, 0.29) is 24.0 Å². The molecule has 4 aromatic rings. The number of nitrogens with zero attached hydrogens (tertiary/aromatic N) is 7. The molecule has 0 amide bonds. The van der Waals surface area contributed by atoms with Gasteiger partial charge in [-0.1, -0.05) is 11.6 Å². The van der Waals surface area contributed by atoms with Crippen molar-refractivity contribution in [1.29, 1.82) is 0 Å². The van der Waals surface area contributed by atoms with Gasteiger partial charge in [0.1, 0.15) is 12.6 Å². The van der Waals surface area contributed by atoms with Gasteiger partial charge in [-0.05, 0) is 43.3 Å². The van der Waals surface area contributed by atoms with Crippen molar-refractivity contribution in [2.24, 2.45) is 0 Å². The molecule has 35 heavy (non-hydrogen) atoms. The maximum absolute atomic E-state index is 13.0. The molecule has 3 aromatic heterocycles. The standard InChI is InChI=1S/C21H19ClF3N7O3/c1-12(33)18-27-17(28-32(18)15-3-2-8-26-9-15)11-31-20(35)30(10-16(34)21(23,24)25)19(29-31)13-4-6-14(22)7-5-13/h2-9,12,16,33-34H,10-11H2,1H3/t12?,16-/m0/s1. The Kier molecular flexibility index (Phi) is 6.74. The molecule has 1 aromatic carbocycles. The smallest absolute Gasteiger partial charge is 0.385 e. The van der Waals surface area contributed by atoms with Crippen molar-refractivity contribution in [3.05, 3.63) is 75.9 Å². The molecule has 0 radical (unpaired) electrons. The zero-order valence-corrected chi connectivity index (χ0v) is 18.9. The Labute approximate surface area is 200 Å². The van der Waals surface area contributed by atoms with Crippen LogP contribution in [0.1, 0.15) is 24.7 Å². The summed E-state index contributed by atoms with van der Waals surface area (Å²) in [5.41, 5.74) is -0.0807. The van der Waals surface area contributed by atoms with Crippen LogP contribution in [-0.4, -0.2) is 56.6 Å². The van der Waals surface area contributed by atoms with Crippen LogP contribution in [0.5, 0.6) is 0 Å². The van der Waals surface area contributed by atoms with Crippen molar-refractivity contribution in [2.45, 2.75) is 38.4 Å². The molecule has 0 saturated carbocycles. The molecular weight excluding hydrogens is 491 g/mol. The Balaban J connectivity index is 1.76. The summed E-state index contributed by atoms with van der Waals surface area (Å²) in [7, 11) is 0. The number of aromatic nitrogens is 7. The van der Waals surface area contributed by atoms with Crippen LogP contribution >= 0.6 is 11.6 Å². The highest BCUT2D eigenvalue weighted by Crippen LogP contribution is 2.24. The van der Waals surface area contributed by atoms with Gasteiger partial charge in [0.05, 0.1) is 18.4 Å². The quantitative estimate of drug-likeness (QED) is 0.392. The molecule has 184 valence electrons. The first-order valence-corrected chi connectivity index (χ1v) is 10.6. The molecule has 1 unspecified atom stereocenters. The van der Waals surface area contributed by atoms with E-state index in [1.54, 1.807) is 18.3 Å². The molecule has 0 saturated heterocycles. The molecule has 0 aliphatic heterocycles. The SMILES string of the molecule is CC(O)c1nc(Cn2nc(-c3ccc(Cl)cc3)n(C[C@H](O)C(F)(F)F)c2=O)nn1-c1cccnc1. The lowest BCUT2D eigenvalue weighted by Crippen LogP contribution is -2.37. The van der Waals surface area contributed by atoms with Crippen LogP contribution in [0.4, 0.5) is 13.2 Å². The molecule has 10 nitrogen and oxygen atoms in total. The van der Waals surface area contributed by atoms with Crippen molar-refractivity contribution < 1.29 is 23.4 Å². The van der Waals surface area contributed by atoms with E-state index in [2.05, 4.69) is 20.2 Å². The van der Waals surface area contributed by atoms with Crippen LogP contribution in [-0.2, 0) is 13.1 Å². The normalized spacial score (nSPS) is 13.7. The van der Waals surface area contributed by atoms with E-state index in [1.807, 2.05) is 0 Å². The van der Waals surface area contributed by atoms with Crippen molar-refractivity contribution in [3.63, 3.8) is 0 Å². The van der Waals surface area contributed by atoms with Crippen LogP contribution in [0.25, 0.3) is 17.1 Å². The summed E-state index contributed by atoms with van der Waals surface area (Å²) in [5.74, 6) is 0.152. The minimum Gasteiger partial charge on any atom is -0.385 e. The third-order valence-corrected chi connectivity index (χ3v) is 5.24. The minimum atomic E-state index is -4.94. The van der Waals surface area contributed by atoms with E-state index >= 15 is 0 Å². The molecule has 0 spiro atoms. The number of hydrogen-bond donors (Lipinski definition) is 2. The third kappa shape index (κ3) is 5.26. The molecule has 0 aliphatic rings. The number of halogens is 4. The van der Waals surface area contributed by atoms with Crippen molar-refractivity contribution in [3.8, 4) is 17.1 Å². The Hall–Kier alpha value is -3.55. The number of hydrogen-bond acceptors (Lipinski definition) is 7. The Morgan fingerprint density at radius 1 is 1.11 bits per heavy atom. The summed E-state index contributed by atoms with van der Waals surface area (Å²) in [5, 5.41) is 28.6. The highest BCUT2D eigenvalue weighted by molar-refractivity contribution is 6.30. The summed E-state index contributed by atoms with van der Waals surface area (Å²) in [6.07, 6.45) is -5.67. The predicted octanol–water partition coefficient (Wildman–Crippen LogP) is 2.37. The lowest BCUT2D eigenvalue weighted by molar-refractivity contribution is -0.207. The van der Waals surface area contributed by atoms with Crippen LogP contribution in [0.3, 0.4) is 0 Å². The maximum Gasteiger partial charge on any atom is 0.416 e. The van der Waals surface area contributed by atoms with Crippen molar-refractivity contribution >= 4 is 11.6 Å². The largest absolute Gasteiger partial charge is 0.416 e. The van der Waals surface area contributed by atoms with E-state index in [1.165, 1.54) is 42.1 Å². The van der Waals surface area contributed by atoms with Gasteiger partial charge in [-0.15, -0.1) is 10.2 Å². The predicted molar refractivity (Wildman–Crippen MR) is 118 cm³/mol. The Bertz CT molecular complexity index is 1370. The summed E-state index contributed by atoms with van der Waals surface area (Å²) in [6.45, 7) is 0.122. The lowest BCUT2D eigenvalue weighted by Gasteiger charge is -2.15. The van der Waals surface area contributed by atoms with E-state index in [9.17, 15) is 28.2 Å². The summed E-state index contributed by atoms with van der Waals surface area (Å²) < 4.78 is 42.1. The van der Waals surface area contributed by atoms with Gasteiger partial charge in [0.15, 0.2) is 23.6 Å². The monoisotopic (exact) mass is 509 g/mol. The fourth-order valence-corrected chi connectivity index (χ4v) is 3.43. The van der Waals surface area contributed by atoms with Gasteiger partial charge in [0.25, 0.3) is 0 Å². The average molecular weight is 510 g/mol. The van der Waals surface area contributed by atoms with Crippen LogP contribution < -0.4 is 5.69 Å². The zero-order valence-electron chi connectivity index (χ0n) is 18.1. The van der Waals surface area contributed by atoms with E-state index in [4.69, 9.17) is 11.6 Å². The van der Waals surface area contributed by atoms with Crippen molar-refractivity contribution in [1.82, 2.24) is 34.1 Å². The lowest BCUT2D eigenvalue weighted by atomic mass is 10.2. The first-order chi connectivity index (χ1) is 16.5. The second-order valence-electron chi connectivity index (χ2n) is 7.62. The number of aliphatic hydroxyl groups excluding tert-OH is 2. The van der Waals surface area contributed by atoms with Gasteiger partial charge in [-0.25, -0.2) is 19.1 Å². The summed E-state index contributed by atoms with van der Waals surface area (Å²) in [4.78, 5) is 21.3. The van der Waals surface area contributed by atoms with Crippen LogP contribution in [0, 0.1) is 0 Å². The van der Waals surface area contributed by atoms with Gasteiger partial charge in [-0.3, -0.25) is 9.55 Å². The van der Waals surface area contributed by atoms with Gasteiger partial charge in [-0.2, -0.15) is 13.2 Å². The molecular formula is C21H19ClF3N7O3. The number of alkyl halides is 3. The number of pyridine rings is 1. The topological polar surface area (TPSA) is 124 Å².